The molecule has 1 aliphatic carbocycles. The fourth-order valence-corrected chi connectivity index (χ4v) is 2.24. The van der Waals surface area contributed by atoms with Gasteiger partial charge in [-0.2, -0.15) is 0 Å². The first-order valence-electron chi connectivity index (χ1n) is 5.35. The molecule has 0 N–H and O–H groups in total. The molecule has 1 aromatic carbocycles. The van der Waals surface area contributed by atoms with E-state index in [1.54, 1.807) is 0 Å². The molecule has 1 aromatic rings. The molecule has 14 heavy (non-hydrogen) atoms. The lowest BCUT2D eigenvalue weighted by Gasteiger charge is -2.25. The Bertz CT molecular complexity index is 315. The van der Waals surface area contributed by atoms with E-state index in [2.05, 4.69) is 19.1 Å². The Balaban J connectivity index is 2.16. The third-order valence-corrected chi connectivity index (χ3v) is 3.09. The summed E-state index contributed by atoms with van der Waals surface area (Å²) in [4.78, 5) is 11.8. The van der Waals surface area contributed by atoms with E-state index in [0.717, 1.165) is 12.8 Å². The molecule has 0 heterocycles. The molecule has 1 fully saturated rings. The number of carbonyl (C=O) groups is 1. The van der Waals surface area contributed by atoms with Gasteiger partial charge in [-0.05, 0) is 24.3 Å². The number of Topliss-reactive ketones (excluding diaryl/α,β-unsaturated/α-hetero) is 1. The number of hydrogen-bond donors (Lipinski definition) is 0. The van der Waals surface area contributed by atoms with Gasteiger partial charge in [-0.1, -0.05) is 37.3 Å². The van der Waals surface area contributed by atoms with Crippen molar-refractivity contribution in [3.8, 4) is 0 Å². The molecule has 2 atom stereocenters. The zero-order chi connectivity index (χ0) is 9.97. The predicted octanol–water partition coefficient (Wildman–Crippen LogP) is 3.16. The third kappa shape index (κ3) is 1.87. The molecule has 0 aromatic heterocycles. The summed E-state index contributed by atoms with van der Waals surface area (Å²) in [5, 5.41) is 0. The van der Waals surface area contributed by atoms with E-state index >= 15 is 0 Å². The summed E-state index contributed by atoms with van der Waals surface area (Å²) in [5.74, 6) is 1.19. The molecular formula is C13H16O. The minimum absolute atomic E-state index is 0.174. The molecule has 0 bridgehead atoms. The average Bonchev–Trinajstić information content (AvgIpc) is 2.19. The van der Waals surface area contributed by atoms with Gasteiger partial charge in [0.05, 0.1) is 0 Å². The highest BCUT2D eigenvalue weighted by atomic mass is 16.1. The van der Waals surface area contributed by atoms with Gasteiger partial charge in [0.2, 0.25) is 0 Å². The van der Waals surface area contributed by atoms with Crippen molar-refractivity contribution in [1.82, 2.24) is 0 Å². The van der Waals surface area contributed by atoms with Gasteiger partial charge in [-0.25, -0.2) is 0 Å². The molecule has 2 rings (SSSR count). The summed E-state index contributed by atoms with van der Waals surface area (Å²) in [6.45, 7) is 2.17. The van der Waals surface area contributed by atoms with Crippen LogP contribution < -0.4 is 0 Å². The minimum Gasteiger partial charge on any atom is -0.299 e. The van der Waals surface area contributed by atoms with Crippen molar-refractivity contribution < 1.29 is 4.79 Å². The van der Waals surface area contributed by atoms with Gasteiger partial charge in [0.15, 0.2) is 0 Å². The summed E-state index contributed by atoms with van der Waals surface area (Å²) in [6.07, 6.45) is 2.98. The van der Waals surface area contributed by atoms with Crippen molar-refractivity contribution in [2.75, 3.05) is 0 Å². The maximum Gasteiger partial charge on any atom is 0.140 e. The van der Waals surface area contributed by atoms with Gasteiger partial charge >= 0.3 is 0 Å². The van der Waals surface area contributed by atoms with Crippen LogP contribution in [0.1, 0.15) is 37.7 Å². The number of benzene rings is 1. The van der Waals surface area contributed by atoms with E-state index in [9.17, 15) is 4.79 Å². The monoisotopic (exact) mass is 188 g/mol. The number of hydrogen-bond acceptors (Lipinski definition) is 1. The zero-order valence-electron chi connectivity index (χ0n) is 8.57. The molecule has 0 amide bonds. The van der Waals surface area contributed by atoms with Crippen molar-refractivity contribution in [3.05, 3.63) is 35.9 Å². The largest absolute Gasteiger partial charge is 0.299 e. The van der Waals surface area contributed by atoms with E-state index in [0.29, 0.717) is 11.7 Å². The second kappa shape index (κ2) is 3.95. The van der Waals surface area contributed by atoms with Crippen molar-refractivity contribution in [2.45, 2.75) is 32.1 Å². The lowest BCUT2D eigenvalue weighted by atomic mass is 9.78. The normalized spacial score (nSPS) is 27.6. The van der Waals surface area contributed by atoms with Crippen LogP contribution in [0.5, 0.6) is 0 Å². The molecule has 0 aliphatic heterocycles. The van der Waals surface area contributed by atoms with Crippen molar-refractivity contribution in [2.24, 2.45) is 5.92 Å². The van der Waals surface area contributed by atoms with Crippen LogP contribution in [0.3, 0.4) is 0 Å². The second-order valence-corrected chi connectivity index (χ2v) is 4.32. The van der Waals surface area contributed by atoms with Crippen LogP contribution in [0.2, 0.25) is 0 Å². The fourth-order valence-electron chi connectivity index (χ4n) is 2.24. The van der Waals surface area contributed by atoms with Gasteiger partial charge in [0.1, 0.15) is 5.78 Å². The van der Waals surface area contributed by atoms with Gasteiger partial charge in [-0.3, -0.25) is 4.79 Å². The first kappa shape index (κ1) is 9.45. The Kier molecular flexibility index (Phi) is 2.67. The molecule has 1 saturated carbocycles. The molecule has 0 saturated heterocycles. The molecular weight excluding hydrogens is 172 g/mol. The van der Waals surface area contributed by atoms with E-state index < -0.39 is 0 Å². The Labute approximate surface area is 85.1 Å². The summed E-state index contributed by atoms with van der Waals surface area (Å²) in [6, 6.07) is 10.2. The maximum absolute atomic E-state index is 11.8. The number of rotatable bonds is 1. The average molecular weight is 188 g/mol. The summed E-state index contributed by atoms with van der Waals surface area (Å²) in [5.41, 5.74) is 1.20. The minimum atomic E-state index is 0.174. The van der Waals surface area contributed by atoms with E-state index in [1.165, 1.54) is 12.0 Å². The molecule has 0 spiro atoms. The lowest BCUT2D eigenvalue weighted by molar-refractivity contribution is -0.123. The Morgan fingerprint density at radius 2 is 1.86 bits per heavy atom. The van der Waals surface area contributed by atoms with Crippen LogP contribution >= 0.6 is 0 Å². The highest BCUT2D eigenvalue weighted by Crippen LogP contribution is 2.32. The first-order chi connectivity index (χ1) is 6.77. The molecule has 1 nitrogen and oxygen atoms in total. The molecule has 1 heteroatoms. The Morgan fingerprint density at radius 1 is 1.14 bits per heavy atom. The number of carbonyl (C=O) groups excluding carboxylic acids is 1. The second-order valence-electron chi connectivity index (χ2n) is 4.32. The van der Waals surface area contributed by atoms with Gasteiger partial charge in [0.25, 0.3) is 0 Å². The molecule has 2 unspecified atom stereocenters. The van der Waals surface area contributed by atoms with Crippen molar-refractivity contribution >= 4 is 5.78 Å². The van der Waals surface area contributed by atoms with Gasteiger partial charge in [0, 0.05) is 12.3 Å². The van der Waals surface area contributed by atoms with E-state index in [-0.39, 0.29) is 5.92 Å². The summed E-state index contributed by atoms with van der Waals surface area (Å²) < 4.78 is 0. The van der Waals surface area contributed by atoms with Crippen LogP contribution in [0, 0.1) is 5.92 Å². The highest BCUT2D eigenvalue weighted by Gasteiger charge is 2.26. The standard InChI is InChI=1S/C13H16O/c1-10-7-8-12(13(14)9-10)11-5-3-2-4-6-11/h2-6,10,12H,7-9H2,1H3. The van der Waals surface area contributed by atoms with Crippen LogP contribution in [0.4, 0.5) is 0 Å². The maximum atomic E-state index is 11.8. The van der Waals surface area contributed by atoms with Crippen molar-refractivity contribution in [3.63, 3.8) is 0 Å². The Hall–Kier alpha value is -1.11. The van der Waals surface area contributed by atoms with E-state index in [4.69, 9.17) is 0 Å². The smallest absolute Gasteiger partial charge is 0.140 e. The van der Waals surface area contributed by atoms with E-state index in [1.807, 2.05) is 18.2 Å². The highest BCUT2D eigenvalue weighted by molar-refractivity contribution is 5.86. The van der Waals surface area contributed by atoms with Gasteiger partial charge < -0.3 is 0 Å². The molecule has 1 aliphatic rings. The zero-order valence-corrected chi connectivity index (χ0v) is 8.57. The van der Waals surface area contributed by atoms with Crippen LogP contribution in [-0.2, 0) is 4.79 Å². The SMILES string of the molecule is CC1CCC(c2ccccc2)C(=O)C1. The quantitative estimate of drug-likeness (QED) is 0.661. The van der Waals surface area contributed by atoms with Gasteiger partial charge in [-0.15, -0.1) is 0 Å². The van der Waals surface area contributed by atoms with Crippen molar-refractivity contribution in [1.29, 1.82) is 0 Å². The lowest BCUT2D eigenvalue weighted by Crippen LogP contribution is -2.21. The predicted molar refractivity (Wildman–Crippen MR) is 57.2 cm³/mol. The van der Waals surface area contributed by atoms with Crippen LogP contribution in [0.15, 0.2) is 30.3 Å². The molecule has 74 valence electrons. The Morgan fingerprint density at radius 3 is 2.50 bits per heavy atom. The fraction of sp³-hybridized carbons (Fsp3) is 0.462. The summed E-state index contributed by atoms with van der Waals surface area (Å²) in [7, 11) is 0. The number of ketones is 1. The van der Waals surface area contributed by atoms with Crippen LogP contribution in [0.25, 0.3) is 0 Å². The summed E-state index contributed by atoms with van der Waals surface area (Å²) >= 11 is 0. The first-order valence-corrected chi connectivity index (χ1v) is 5.35. The topological polar surface area (TPSA) is 17.1 Å². The third-order valence-electron chi connectivity index (χ3n) is 3.09. The molecule has 0 radical (unpaired) electrons. The van der Waals surface area contributed by atoms with Crippen LogP contribution in [-0.4, -0.2) is 5.78 Å².